The predicted molar refractivity (Wildman–Crippen MR) is 128 cm³/mol. The second-order valence-corrected chi connectivity index (χ2v) is 8.44. The first-order valence-corrected chi connectivity index (χ1v) is 11.0. The minimum Gasteiger partial charge on any atom is -0.384 e. The number of hydrogen-bond acceptors (Lipinski definition) is 7. The average Bonchev–Trinajstić information content (AvgIpc) is 2.82. The minimum atomic E-state index is -0.671. The van der Waals surface area contributed by atoms with E-state index < -0.39 is 17.0 Å². The van der Waals surface area contributed by atoms with Gasteiger partial charge in [0.05, 0.1) is 18.1 Å². The number of pyridine rings is 1. The lowest BCUT2D eigenvalue weighted by molar-refractivity contribution is 0.0924. The molecular formula is C23H25ClN6O3. The highest BCUT2D eigenvalue weighted by Crippen LogP contribution is 2.17. The Morgan fingerprint density at radius 3 is 2.39 bits per heavy atom. The molecule has 0 saturated carbocycles. The Hall–Kier alpha value is -3.43. The molecule has 1 aromatic carbocycles. The Morgan fingerprint density at radius 1 is 1.06 bits per heavy atom. The van der Waals surface area contributed by atoms with Crippen molar-refractivity contribution in [2.45, 2.75) is 6.54 Å². The van der Waals surface area contributed by atoms with E-state index in [0.717, 1.165) is 15.9 Å². The Labute approximate surface area is 195 Å². The second kappa shape index (κ2) is 9.60. The number of piperazine rings is 1. The molecule has 0 bridgehead atoms. The highest BCUT2D eigenvalue weighted by Gasteiger charge is 2.25. The molecule has 3 aromatic rings. The first-order chi connectivity index (χ1) is 15.8. The number of hydrogen-bond donors (Lipinski definition) is 1. The maximum Gasteiger partial charge on any atom is 0.332 e. The number of anilines is 2. The van der Waals surface area contributed by atoms with Gasteiger partial charge in [0.2, 0.25) is 0 Å². The molecule has 1 fully saturated rings. The van der Waals surface area contributed by atoms with E-state index in [1.54, 1.807) is 12.3 Å². The van der Waals surface area contributed by atoms with E-state index in [-0.39, 0.29) is 24.5 Å². The summed E-state index contributed by atoms with van der Waals surface area (Å²) in [7, 11) is 1.36. The number of ketones is 1. The molecule has 0 aliphatic carbocycles. The molecule has 1 aliphatic heterocycles. The number of carbonyl (C=O) groups is 1. The first kappa shape index (κ1) is 22.8. The summed E-state index contributed by atoms with van der Waals surface area (Å²) in [5, 5.41) is 0.579. The molecule has 0 spiro atoms. The molecule has 4 rings (SSSR count). The number of aromatic nitrogens is 3. The van der Waals surface area contributed by atoms with Gasteiger partial charge in [-0.15, -0.1) is 0 Å². The number of rotatable bonds is 6. The average molecular weight is 469 g/mol. The number of benzene rings is 1. The van der Waals surface area contributed by atoms with E-state index >= 15 is 0 Å². The molecule has 2 aromatic heterocycles. The molecule has 2 N–H and O–H groups in total. The highest BCUT2D eigenvalue weighted by atomic mass is 35.5. The summed E-state index contributed by atoms with van der Waals surface area (Å²) < 4.78 is 2.21. The minimum absolute atomic E-state index is 0.0465. The third-order valence-electron chi connectivity index (χ3n) is 5.82. The molecule has 0 radical (unpaired) electrons. The van der Waals surface area contributed by atoms with Gasteiger partial charge in [-0.1, -0.05) is 41.9 Å². The Bertz CT molecular complexity index is 1260. The lowest BCUT2D eigenvalue weighted by atomic mass is 10.1. The normalized spacial score (nSPS) is 14.4. The smallest absolute Gasteiger partial charge is 0.332 e. The summed E-state index contributed by atoms with van der Waals surface area (Å²) in [6.07, 6.45) is 1.61. The van der Waals surface area contributed by atoms with Gasteiger partial charge < -0.3 is 10.6 Å². The number of halogens is 1. The van der Waals surface area contributed by atoms with Crippen molar-refractivity contribution in [3.63, 3.8) is 0 Å². The summed E-state index contributed by atoms with van der Waals surface area (Å²) in [5.41, 5.74) is 5.68. The molecule has 9 nitrogen and oxygen atoms in total. The van der Waals surface area contributed by atoms with E-state index in [4.69, 9.17) is 17.3 Å². The first-order valence-electron chi connectivity index (χ1n) is 10.6. The maximum absolute atomic E-state index is 13.1. The van der Waals surface area contributed by atoms with Crippen molar-refractivity contribution in [3.8, 4) is 0 Å². The molecule has 3 heterocycles. The van der Waals surface area contributed by atoms with Crippen molar-refractivity contribution in [3.05, 3.63) is 85.6 Å². The lowest BCUT2D eigenvalue weighted by Crippen LogP contribution is -2.49. The van der Waals surface area contributed by atoms with E-state index in [9.17, 15) is 14.4 Å². The fourth-order valence-electron chi connectivity index (χ4n) is 3.94. The standard InChI is InChI=1S/C23H25ClN6O3/c1-27-22(32)20(21(25)30(23(27)33)14-16-5-3-2-4-6-16)18(31)15-28-9-11-29(12-10-28)19-8-7-17(24)13-26-19/h2-8,13H,9-12,14-15,25H2,1H3. The fraction of sp³-hybridized carbons (Fsp3) is 0.304. The lowest BCUT2D eigenvalue weighted by Gasteiger charge is -2.35. The van der Waals surface area contributed by atoms with Gasteiger partial charge in [0, 0.05) is 39.4 Å². The number of Topliss-reactive ketones (excluding diaryl/α,β-unsaturated/α-hetero) is 1. The summed E-state index contributed by atoms with van der Waals surface area (Å²) in [6.45, 7) is 2.84. The number of nitrogen functional groups attached to an aromatic ring is 1. The van der Waals surface area contributed by atoms with Crippen LogP contribution in [0.25, 0.3) is 0 Å². The van der Waals surface area contributed by atoms with E-state index in [0.29, 0.717) is 31.2 Å². The van der Waals surface area contributed by atoms with Gasteiger partial charge in [0.15, 0.2) is 5.78 Å². The van der Waals surface area contributed by atoms with Crippen LogP contribution >= 0.6 is 11.6 Å². The van der Waals surface area contributed by atoms with Gasteiger partial charge in [0.1, 0.15) is 17.2 Å². The maximum atomic E-state index is 13.1. The van der Waals surface area contributed by atoms with Crippen LogP contribution in [0.1, 0.15) is 15.9 Å². The van der Waals surface area contributed by atoms with Crippen LogP contribution in [0.5, 0.6) is 0 Å². The highest BCUT2D eigenvalue weighted by molar-refractivity contribution is 6.30. The van der Waals surface area contributed by atoms with Crippen LogP contribution in [0.4, 0.5) is 11.6 Å². The zero-order valence-corrected chi connectivity index (χ0v) is 19.0. The molecule has 1 saturated heterocycles. The van der Waals surface area contributed by atoms with Crippen LogP contribution in [0.2, 0.25) is 5.02 Å². The van der Waals surface area contributed by atoms with E-state index in [1.165, 1.54) is 11.6 Å². The molecule has 33 heavy (non-hydrogen) atoms. The van der Waals surface area contributed by atoms with Crippen molar-refractivity contribution in [1.29, 1.82) is 0 Å². The molecule has 0 atom stereocenters. The third-order valence-corrected chi connectivity index (χ3v) is 6.04. The van der Waals surface area contributed by atoms with Crippen molar-refractivity contribution in [1.82, 2.24) is 19.0 Å². The van der Waals surface area contributed by atoms with Gasteiger partial charge in [-0.2, -0.15) is 0 Å². The molecular weight excluding hydrogens is 444 g/mol. The Balaban J connectivity index is 1.51. The van der Waals surface area contributed by atoms with Gasteiger partial charge >= 0.3 is 5.69 Å². The van der Waals surface area contributed by atoms with Crippen LogP contribution in [0.3, 0.4) is 0 Å². The monoisotopic (exact) mass is 468 g/mol. The van der Waals surface area contributed by atoms with Gasteiger partial charge in [0.25, 0.3) is 5.56 Å². The quantitative estimate of drug-likeness (QED) is 0.542. The number of carbonyl (C=O) groups excluding carboxylic acids is 1. The van der Waals surface area contributed by atoms with Crippen molar-refractivity contribution < 1.29 is 4.79 Å². The molecule has 1 aliphatic rings. The summed E-state index contributed by atoms with van der Waals surface area (Å²) >= 11 is 5.91. The number of nitrogens with two attached hydrogens (primary N) is 1. The topological polar surface area (TPSA) is 106 Å². The third kappa shape index (κ3) is 4.84. The predicted octanol–water partition coefficient (Wildman–Crippen LogP) is 1.23. The zero-order valence-electron chi connectivity index (χ0n) is 18.3. The largest absolute Gasteiger partial charge is 0.384 e. The second-order valence-electron chi connectivity index (χ2n) is 8.00. The zero-order chi connectivity index (χ0) is 23.5. The van der Waals surface area contributed by atoms with Crippen LogP contribution in [-0.4, -0.2) is 57.5 Å². The van der Waals surface area contributed by atoms with Crippen molar-refractivity contribution in [2.75, 3.05) is 43.4 Å². The van der Waals surface area contributed by atoms with Crippen molar-refractivity contribution >= 4 is 29.0 Å². The molecule has 0 unspecified atom stereocenters. The molecule has 0 amide bonds. The van der Waals surface area contributed by atoms with E-state index in [2.05, 4.69) is 9.88 Å². The van der Waals surface area contributed by atoms with Crippen LogP contribution in [-0.2, 0) is 13.6 Å². The van der Waals surface area contributed by atoms with Crippen LogP contribution < -0.4 is 21.9 Å². The number of nitrogens with zero attached hydrogens (tertiary/aromatic N) is 5. The van der Waals surface area contributed by atoms with Crippen LogP contribution in [0.15, 0.2) is 58.3 Å². The van der Waals surface area contributed by atoms with E-state index in [1.807, 2.05) is 41.3 Å². The molecule has 172 valence electrons. The van der Waals surface area contributed by atoms with Crippen LogP contribution in [0, 0.1) is 0 Å². The summed E-state index contributed by atoms with van der Waals surface area (Å²) in [4.78, 5) is 47.0. The van der Waals surface area contributed by atoms with Gasteiger partial charge in [-0.25, -0.2) is 9.78 Å². The van der Waals surface area contributed by atoms with Crippen molar-refractivity contribution in [2.24, 2.45) is 7.05 Å². The summed E-state index contributed by atoms with van der Waals surface area (Å²) in [6, 6.07) is 12.9. The Morgan fingerprint density at radius 2 is 1.76 bits per heavy atom. The fourth-order valence-corrected chi connectivity index (χ4v) is 4.05. The summed E-state index contributed by atoms with van der Waals surface area (Å²) in [5.74, 6) is 0.338. The van der Waals surface area contributed by atoms with Gasteiger partial charge in [-0.3, -0.25) is 23.6 Å². The SMILES string of the molecule is Cn1c(=O)c(C(=O)CN2CCN(c3ccc(Cl)cn3)CC2)c(N)n(Cc2ccccc2)c1=O. The Kier molecular flexibility index (Phi) is 6.62. The van der Waals surface area contributed by atoms with Gasteiger partial charge in [-0.05, 0) is 17.7 Å². The molecule has 10 heteroatoms.